The van der Waals surface area contributed by atoms with Crippen LogP contribution in [-0.4, -0.2) is 0 Å². The number of anilines is 1. The predicted molar refractivity (Wildman–Crippen MR) is 79.7 cm³/mol. The van der Waals surface area contributed by atoms with Crippen molar-refractivity contribution in [2.24, 2.45) is 0 Å². The molecule has 0 fully saturated rings. The number of fused-ring (bicyclic) bond motifs is 5. The monoisotopic (exact) mass is 249 g/mol. The largest absolute Gasteiger partial charge is 0.375 e. The molecule has 96 valence electrons. The summed E-state index contributed by atoms with van der Waals surface area (Å²) < 4.78 is 0. The van der Waals surface area contributed by atoms with E-state index in [1.54, 1.807) is 0 Å². The Labute approximate surface area is 114 Å². The molecule has 1 aliphatic heterocycles. The van der Waals surface area contributed by atoms with Gasteiger partial charge < -0.3 is 5.32 Å². The van der Waals surface area contributed by atoms with E-state index in [0.717, 1.165) is 6.42 Å². The van der Waals surface area contributed by atoms with Crippen LogP contribution in [0, 0.1) is 6.92 Å². The third-order valence-corrected chi connectivity index (χ3v) is 5.36. The Morgan fingerprint density at radius 3 is 2.63 bits per heavy atom. The molecule has 1 heterocycles. The summed E-state index contributed by atoms with van der Waals surface area (Å²) in [6.07, 6.45) is 1.13. The fraction of sp³-hybridized carbons (Fsp3) is 0.333. The number of rotatable bonds is 0. The molecule has 0 amide bonds. The Hall–Kier alpha value is -1.76. The maximum absolute atomic E-state index is 3.80. The van der Waals surface area contributed by atoms with Gasteiger partial charge in [-0.3, -0.25) is 0 Å². The molecule has 4 rings (SSSR count). The Kier molecular flexibility index (Phi) is 1.88. The lowest BCUT2D eigenvalue weighted by molar-refractivity contribution is 0.341. The molecule has 0 saturated heterocycles. The SMILES string of the molecule is Cc1ccc2c(c1)[C@]1(C)Cc3ccccc3[C@]1(C)N2. The summed E-state index contributed by atoms with van der Waals surface area (Å²) in [7, 11) is 0. The molecule has 2 aliphatic rings. The van der Waals surface area contributed by atoms with Gasteiger partial charge in [-0.2, -0.15) is 0 Å². The van der Waals surface area contributed by atoms with E-state index in [0.29, 0.717) is 0 Å². The predicted octanol–water partition coefficient (Wildman–Crippen LogP) is 4.15. The van der Waals surface area contributed by atoms with Crippen molar-refractivity contribution in [1.82, 2.24) is 0 Å². The average Bonchev–Trinajstić information content (AvgIpc) is 2.74. The maximum atomic E-state index is 3.80. The highest BCUT2D eigenvalue weighted by molar-refractivity contribution is 5.70. The van der Waals surface area contributed by atoms with E-state index in [2.05, 4.69) is 68.6 Å². The molecule has 2 atom stereocenters. The van der Waals surface area contributed by atoms with Crippen LogP contribution in [0.1, 0.15) is 36.1 Å². The smallest absolute Gasteiger partial charge is 0.0697 e. The van der Waals surface area contributed by atoms with Crippen molar-refractivity contribution < 1.29 is 0 Å². The van der Waals surface area contributed by atoms with Crippen LogP contribution in [0.25, 0.3) is 0 Å². The molecule has 1 heteroatoms. The van der Waals surface area contributed by atoms with Crippen LogP contribution >= 0.6 is 0 Å². The van der Waals surface area contributed by atoms with E-state index in [1.165, 1.54) is 27.9 Å². The summed E-state index contributed by atoms with van der Waals surface area (Å²) in [4.78, 5) is 0. The second-order valence-corrected chi connectivity index (χ2v) is 6.47. The lowest BCUT2D eigenvalue weighted by Gasteiger charge is -2.36. The second kappa shape index (κ2) is 3.22. The lowest BCUT2D eigenvalue weighted by Crippen LogP contribution is -2.42. The zero-order valence-electron chi connectivity index (χ0n) is 11.7. The Balaban J connectivity index is 1.99. The number of hydrogen-bond donors (Lipinski definition) is 1. The standard InChI is InChI=1S/C18H19N/c1-12-8-9-16-15(10-12)17(2)11-13-6-4-5-7-14(13)18(17,3)19-16/h4-10,19H,11H2,1-3H3/t17-,18-/m0/s1. The molecule has 0 unspecified atom stereocenters. The minimum Gasteiger partial charge on any atom is -0.375 e. The second-order valence-electron chi connectivity index (χ2n) is 6.47. The first-order valence-corrected chi connectivity index (χ1v) is 7.02. The molecule has 2 aromatic carbocycles. The normalized spacial score (nSPS) is 30.5. The topological polar surface area (TPSA) is 12.0 Å². The molecule has 0 saturated carbocycles. The lowest BCUT2D eigenvalue weighted by atomic mass is 9.71. The van der Waals surface area contributed by atoms with Gasteiger partial charge in [0.25, 0.3) is 0 Å². The van der Waals surface area contributed by atoms with Crippen molar-refractivity contribution in [1.29, 1.82) is 0 Å². The number of benzene rings is 2. The van der Waals surface area contributed by atoms with Crippen molar-refractivity contribution >= 4 is 5.69 Å². The van der Waals surface area contributed by atoms with Crippen LogP contribution in [0.2, 0.25) is 0 Å². The first-order chi connectivity index (χ1) is 9.04. The summed E-state index contributed by atoms with van der Waals surface area (Å²) in [5.74, 6) is 0. The Bertz CT molecular complexity index is 688. The zero-order valence-corrected chi connectivity index (χ0v) is 11.7. The van der Waals surface area contributed by atoms with Crippen LogP contribution in [0.5, 0.6) is 0 Å². The van der Waals surface area contributed by atoms with E-state index < -0.39 is 0 Å². The molecule has 0 spiro atoms. The molecule has 1 aliphatic carbocycles. The Morgan fingerprint density at radius 1 is 1.00 bits per heavy atom. The molecular weight excluding hydrogens is 230 g/mol. The fourth-order valence-electron chi connectivity index (χ4n) is 4.08. The molecular formula is C18H19N. The van der Waals surface area contributed by atoms with Gasteiger partial charge in [-0.05, 0) is 43.0 Å². The molecule has 1 nitrogen and oxygen atoms in total. The summed E-state index contributed by atoms with van der Waals surface area (Å²) in [5.41, 5.74) is 7.29. The van der Waals surface area contributed by atoms with Crippen LogP contribution < -0.4 is 5.32 Å². The number of hydrogen-bond acceptors (Lipinski definition) is 1. The molecule has 0 aromatic heterocycles. The summed E-state index contributed by atoms with van der Waals surface area (Å²) >= 11 is 0. The zero-order chi connectivity index (χ0) is 13.3. The van der Waals surface area contributed by atoms with Gasteiger partial charge in [0.15, 0.2) is 0 Å². The van der Waals surface area contributed by atoms with Gasteiger partial charge in [-0.1, -0.05) is 48.9 Å². The Morgan fingerprint density at radius 2 is 1.79 bits per heavy atom. The quantitative estimate of drug-likeness (QED) is 0.739. The average molecular weight is 249 g/mol. The summed E-state index contributed by atoms with van der Waals surface area (Å²) in [5, 5.41) is 3.80. The van der Waals surface area contributed by atoms with Crippen molar-refractivity contribution in [2.45, 2.75) is 38.1 Å². The van der Waals surface area contributed by atoms with E-state index in [9.17, 15) is 0 Å². The van der Waals surface area contributed by atoms with Crippen molar-refractivity contribution in [2.75, 3.05) is 5.32 Å². The van der Waals surface area contributed by atoms with Crippen LogP contribution in [0.15, 0.2) is 42.5 Å². The van der Waals surface area contributed by atoms with Gasteiger partial charge in [0.05, 0.1) is 5.54 Å². The highest BCUT2D eigenvalue weighted by Crippen LogP contribution is 2.59. The van der Waals surface area contributed by atoms with Gasteiger partial charge in [-0.25, -0.2) is 0 Å². The molecule has 0 radical (unpaired) electrons. The van der Waals surface area contributed by atoms with E-state index in [-0.39, 0.29) is 11.0 Å². The van der Waals surface area contributed by atoms with Crippen LogP contribution in [-0.2, 0) is 17.4 Å². The fourth-order valence-corrected chi connectivity index (χ4v) is 4.08. The highest BCUT2D eigenvalue weighted by atomic mass is 15.1. The van der Waals surface area contributed by atoms with E-state index in [1.807, 2.05) is 0 Å². The summed E-state index contributed by atoms with van der Waals surface area (Å²) in [6, 6.07) is 15.7. The number of nitrogens with one attached hydrogen (secondary N) is 1. The van der Waals surface area contributed by atoms with Gasteiger partial charge in [0.2, 0.25) is 0 Å². The molecule has 19 heavy (non-hydrogen) atoms. The third-order valence-electron chi connectivity index (χ3n) is 5.36. The first kappa shape index (κ1) is 11.1. The van der Waals surface area contributed by atoms with Crippen LogP contribution in [0.4, 0.5) is 5.69 Å². The van der Waals surface area contributed by atoms with E-state index in [4.69, 9.17) is 0 Å². The number of aryl methyl sites for hydroxylation is 1. The minimum absolute atomic E-state index is 0.0275. The maximum Gasteiger partial charge on any atom is 0.0697 e. The van der Waals surface area contributed by atoms with E-state index >= 15 is 0 Å². The van der Waals surface area contributed by atoms with Crippen molar-refractivity contribution in [3.05, 3.63) is 64.7 Å². The minimum atomic E-state index is 0.0275. The molecule has 2 aromatic rings. The van der Waals surface area contributed by atoms with Crippen LogP contribution in [0.3, 0.4) is 0 Å². The van der Waals surface area contributed by atoms with Crippen molar-refractivity contribution in [3.8, 4) is 0 Å². The van der Waals surface area contributed by atoms with Gasteiger partial charge in [0, 0.05) is 11.1 Å². The molecule has 0 bridgehead atoms. The van der Waals surface area contributed by atoms with Crippen molar-refractivity contribution in [3.63, 3.8) is 0 Å². The van der Waals surface area contributed by atoms with Gasteiger partial charge >= 0.3 is 0 Å². The third kappa shape index (κ3) is 1.16. The van der Waals surface area contributed by atoms with Gasteiger partial charge in [0.1, 0.15) is 0 Å². The summed E-state index contributed by atoms with van der Waals surface area (Å²) in [6.45, 7) is 6.95. The highest BCUT2D eigenvalue weighted by Gasteiger charge is 2.57. The first-order valence-electron chi connectivity index (χ1n) is 7.02. The van der Waals surface area contributed by atoms with Gasteiger partial charge in [-0.15, -0.1) is 0 Å². The molecule has 1 N–H and O–H groups in total.